The third-order valence-corrected chi connectivity index (χ3v) is 6.41. The zero-order valence-corrected chi connectivity index (χ0v) is 15.1. The van der Waals surface area contributed by atoms with Gasteiger partial charge >= 0.3 is 0 Å². The highest BCUT2D eigenvalue weighted by Gasteiger charge is 2.33. The van der Waals surface area contributed by atoms with Crippen molar-refractivity contribution in [1.82, 2.24) is 29.4 Å². The van der Waals surface area contributed by atoms with E-state index >= 15 is 0 Å². The van der Waals surface area contributed by atoms with Gasteiger partial charge in [-0.1, -0.05) is 11.3 Å². The van der Waals surface area contributed by atoms with Crippen molar-refractivity contribution < 1.29 is 5.11 Å². The van der Waals surface area contributed by atoms with Gasteiger partial charge < -0.3 is 10.1 Å². The first-order chi connectivity index (χ1) is 13.3. The number of hydrogen-bond acceptors (Lipinski definition) is 5. The maximum atomic E-state index is 11.1. The van der Waals surface area contributed by atoms with Crippen molar-refractivity contribution in [1.29, 1.82) is 0 Å². The van der Waals surface area contributed by atoms with Crippen molar-refractivity contribution in [3.63, 3.8) is 0 Å². The van der Waals surface area contributed by atoms with Crippen molar-refractivity contribution in [2.24, 2.45) is 0 Å². The first-order valence-corrected chi connectivity index (χ1v) is 9.72. The molecule has 1 fully saturated rings. The first kappa shape index (κ1) is 15.1. The molecular weight excluding hydrogens is 360 g/mol. The number of imidazole rings is 1. The summed E-state index contributed by atoms with van der Waals surface area (Å²) in [6, 6.07) is 8.09. The molecule has 0 spiro atoms. The molecular formula is C19H16N6OS. The number of H-pyrrole nitrogens is 1. The molecule has 6 rings (SSSR count). The van der Waals surface area contributed by atoms with Crippen LogP contribution in [0.2, 0.25) is 0 Å². The second kappa shape index (κ2) is 5.51. The Hall–Kier alpha value is -2.97. The van der Waals surface area contributed by atoms with Crippen LogP contribution in [0.1, 0.15) is 41.1 Å². The number of aliphatic hydroxyl groups is 1. The van der Waals surface area contributed by atoms with Crippen LogP contribution in [-0.4, -0.2) is 34.5 Å². The van der Waals surface area contributed by atoms with Gasteiger partial charge in [0.05, 0.1) is 23.8 Å². The Morgan fingerprint density at radius 3 is 3.07 bits per heavy atom. The minimum Gasteiger partial charge on any atom is -0.380 e. The smallest absolute Gasteiger partial charge is 0.141 e. The molecule has 7 nitrogen and oxygen atoms in total. The third-order valence-electron chi connectivity index (χ3n) is 5.13. The van der Waals surface area contributed by atoms with E-state index in [0.29, 0.717) is 11.6 Å². The molecule has 0 radical (unpaired) electrons. The number of thiazole rings is 1. The third kappa shape index (κ3) is 2.34. The monoisotopic (exact) mass is 376 g/mol. The van der Waals surface area contributed by atoms with E-state index in [1.54, 1.807) is 28.5 Å². The molecule has 0 amide bonds. The maximum absolute atomic E-state index is 11.1. The summed E-state index contributed by atoms with van der Waals surface area (Å²) < 4.78 is 3.68. The summed E-state index contributed by atoms with van der Waals surface area (Å²) in [5.74, 6) is 0.546. The van der Waals surface area contributed by atoms with E-state index in [-0.39, 0.29) is 0 Å². The van der Waals surface area contributed by atoms with Crippen LogP contribution >= 0.6 is 11.3 Å². The Kier molecular flexibility index (Phi) is 3.09. The number of hydrogen-bond donors (Lipinski definition) is 2. The van der Waals surface area contributed by atoms with Crippen molar-refractivity contribution in [3.8, 4) is 5.69 Å². The molecule has 1 unspecified atom stereocenters. The predicted molar refractivity (Wildman–Crippen MR) is 102 cm³/mol. The summed E-state index contributed by atoms with van der Waals surface area (Å²) >= 11 is 1.71. The molecule has 1 aromatic carbocycles. The molecule has 1 atom stereocenters. The van der Waals surface area contributed by atoms with Gasteiger partial charge in [-0.3, -0.25) is 4.40 Å². The highest BCUT2D eigenvalue weighted by atomic mass is 32.1. The highest BCUT2D eigenvalue weighted by molar-refractivity contribution is 7.17. The van der Waals surface area contributed by atoms with E-state index in [1.807, 2.05) is 41.1 Å². The summed E-state index contributed by atoms with van der Waals surface area (Å²) in [6.07, 6.45) is 8.85. The minimum absolute atomic E-state index is 0.539. The summed E-state index contributed by atoms with van der Waals surface area (Å²) in [5, 5.41) is 20.7. The molecule has 2 N–H and O–H groups in total. The van der Waals surface area contributed by atoms with Crippen molar-refractivity contribution in [2.45, 2.75) is 24.9 Å². The lowest BCUT2D eigenvalue weighted by molar-refractivity contribution is 0.208. The lowest BCUT2D eigenvalue weighted by Crippen LogP contribution is -2.06. The second-order valence-electron chi connectivity index (χ2n) is 6.97. The molecule has 0 bridgehead atoms. The van der Waals surface area contributed by atoms with Gasteiger partial charge in [-0.15, -0.1) is 16.4 Å². The molecule has 1 aliphatic rings. The van der Waals surface area contributed by atoms with Gasteiger partial charge in [0.25, 0.3) is 0 Å². The number of rotatable bonds is 4. The summed E-state index contributed by atoms with van der Waals surface area (Å²) in [5.41, 5.74) is 3.36. The zero-order valence-electron chi connectivity index (χ0n) is 14.3. The van der Waals surface area contributed by atoms with Crippen LogP contribution in [0.3, 0.4) is 0 Å². The maximum Gasteiger partial charge on any atom is 0.141 e. The Morgan fingerprint density at radius 2 is 2.19 bits per heavy atom. The number of aliphatic hydroxyl groups excluding tert-OH is 1. The van der Waals surface area contributed by atoms with E-state index < -0.39 is 6.10 Å². The van der Waals surface area contributed by atoms with Gasteiger partial charge in [-0.25, -0.2) is 9.67 Å². The summed E-state index contributed by atoms with van der Waals surface area (Å²) in [7, 11) is 0. The summed E-state index contributed by atoms with van der Waals surface area (Å²) in [6.45, 7) is 0. The van der Waals surface area contributed by atoms with Gasteiger partial charge in [0.2, 0.25) is 0 Å². The Morgan fingerprint density at radius 1 is 1.26 bits per heavy atom. The SMILES string of the molecule is OC(c1cn(-c2ccc3cc[nH]c3c2)nn1)c1c(C2CC2)sc2cncn12. The number of benzene rings is 1. The van der Waals surface area contributed by atoms with Crippen LogP contribution < -0.4 is 0 Å². The fourth-order valence-corrected chi connectivity index (χ4v) is 4.87. The Balaban J connectivity index is 1.41. The molecule has 27 heavy (non-hydrogen) atoms. The van der Waals surface area contributed by atoms with Gasteiger partial charge in [0.1, 0.15) is 23.0 Å². The lowest BCUT2D eigenvalue weighted by atomic mass is 10.1. The van der Waals surface area contributed by atoms with E-state index in [0.717, 1.165) is 27.1 Å². The first-order valence-electron chi connectivity index (χ1n) is 8.90. The van der Waals surface area contributed by atoms with Crippen LogP contribution in [0.25, 0.3) is 21.4 Å². The van der Waals surface area contributed by atoms with Crippen LogP contribution in [0, 0.1) is 0 Å². The number of aromatic amines is 1. The highest BCUT2D eigenvalue weighted by Crippen LogP contribution is 2.47. The quantitative estimate of drug-likeness (QED) is 0.503. The average molecular weight is 376 g/mol. The molecule has 1 saturated carbocycles. The minimum atomic E-state index is -0.827. The number of aromatic nitrogens is 6. The number of nitrogens with zero attached hydrogens (tertiary/aromatic N) is 5. The molecule has 4 heterocycles. The van der Waals surface area contributed by atoms with Gasteiger partial charge in [0.15, 0.2) is 0 Å². The van der Waals surface area contributed by atoms with Crippen LogP contribution in [0.5, 0.6) is 0 Å². The largest absolute Gasteiger partial charge is 0.380 e. The average Bonchev–Trinajstić information content (AvgIpc) is 3.11. The Labute approximate surface area is 157 Å². The van der Waals surface area contributed by atoms with E-state index in [1.165, 1.54) is 17.7 Å². The molecule has 134 valence electrons. The van der Waals surface area contributed by atoms with Gasteiger partial charge in [-0.2, -0.15) is 0 Å². The fraction of sp³-hybridized carbons (Fsp3) is 0.211. The van der Waals surface area contributed by atoms with E-state index in [9.17, 15) is 5.11 Å². The number of nitrogens with one attached hydrogen (secondary N) is 1. The van der Waals surface area contributed by atoms with Gasteiger partial charge in [-0.05, 0) is 42.3 Å². The topological polar surface area (TPSA) is 84.0 Å². The van der Waals surface area contributed by atoms with Crippen LogP contribution in [-0.2, 0) is 0 Å². The van der Waals surface area contributed by atoms with E-state index in [2.05, 4.69) is 20.3 Å². The predicted octanol–water partition coefficient (Wildman–Crippen LogP) is 3.42. The lowest BCUT2D eigenvalue weighted by Gasteiger charge is -2.09. The zero-order chi connectivity index (χ0) is 18.0. The molecule has 0 aliphatic heterocycles. The normalized spacial score (nSPS) is 15.7. The van der Waals surface area contributed by atoms with Gasteiger partial charge in [0, 0.05) is 16.6 Å². The molecule has 0 saturated heterocycles. The van der Waals surface area contributed by atoms with Crippen molar-refractivity contribution in [3.05, 3.63) is 65.4 Å². The number of fused-ring (bicyclic) bond motifs is 2. The van der Waals surface area contributed by atoms with Crippen LogP contribution in [0.4, 0.5) is 0 Å². The summed E-state index contributed by atoms with van der Waals surface area (Å²) in [4.78, 5) is 9.71. The fourth-order valence-electron chi connectivity index (χ4n) is 3.57. The van der Waals surface area contributed by atoms with Crippen molar-refractivity contribution >= 4 is 27.1 Å². The molecule has 4 aromatic heterocycles. The molecule has 5 aromatic rings. The van der Waals surface area contributed by atoms with Crippen LogP contribution in [0.15, 0.2) is 49.2 Å². The molecule has 1 aliphatic carbocycles. The van der Waals surface area contributed by atoms with Crippen molar-refractivity contribution in [2.75, 3.05) is 0 Å². The van der Waals surface area contributed by atoms with E-state index in [4.69, 9.17) is 0 Å². The standard InChI is InChI=1S/C19H16N6OS/c26-18(17-19(12-1-2-12)27-16-8-20-10-24(16)17)15-9-25(23-22-15)13-4-3-11-5-6-21-14(11)7-13/h3-10,12,18,21,26H,1-2H2. The Bertz CT molecular complexity index is 1270. The molecule has 8 heteroatoms. The second-order valence-corrected chi connectivity index (χ2v) is 8.03.